The Kier molecular flexibility index (Phi) is 3.04. The summed E-state index contributed by atoms with van der Waals surface area (Å²) >= 11 is 0. The molecule has 0 bridgehead atoms. The molecule has 6 nitrogen and oxygen atoms in total. The third-order valence-corrected chi connectivity index (χ3v) is 2.24. The van der Waals surface area contributed by atoms with Gasteiger partial charge in [0.1, 0.15) is 11.4 Å². The Morgan fingerprint density at radius 1 is 1.24 bits per heavy atom. The molecule has 0 aliphatic rings. The molecular weight excluding hydrogens is 222 g/mol. The summed E-state index contributed by atoms with van der Waals surface area (Å²) in [6.45, 7) is 0. The number of benzene rings is 1. The Morgan fingerprint density at radius 3 is 2.53 bits per heavy atom. The lowest BCUT2D eigenvalue weighted by Crippen LogP contribution is -2.10. The van der Waals surface area contributed by atoms with Crippen molar-refractivity contribution in [3.63, 3.8) is 0 Å². The van der Waals surface area contributed by atoms with Crippen molar-refractivity contribution in [2.24, 2.45) is 0 Å². The average molecular weight is 233 g/mol. The van der Waals surface area contributed by atoms with Crippen molar-refractivity contribution in [1.29, 1.82) is 0 Å². The summed E-state index contributed by atoms with van der Waals surface area (Å²) in [6.07, 6.45) is 3.07. The number of carbonyl (C=O) groups excluding carboxylic acids is 1. The van der Waals surface area contributed by atoms with Crippen LogP contribution in [0.1, 0.15) is 10.4 Å². The highest BCUT2D eigenvalue weighted by Crippen LogP contribution is 2.20. The summed E-state index contributed by atoms with van der Waals surface area (Å²) in [5.41, 5.74) is 0.894. The molecule has 2 aromatic rings. The molecule has 0 unspecified atom stereocenters. The van der Waals surface area contributed by atoms with Gasteiger partial charge in [-0.1, -0.05) is 0 Å². The van der Waals surface area contributed by atoms with E-state index in [2.05, 4.69) is 10.2 Å². The van der Waals surface area contributed by atoms with Gasteiger partial charge in [-0.2, -0.15) is 15.0 Å². The summed E-state index contributed by atoms with van der Waals surface area (Å²) in [7, 11) is 2.85. The summed E-state index contributed by atoms with van der Waals surface area (Å²) in [5, 5.41) is 7.95. The predicted molar refractivity (Wildman–Crippen MR) is 59.3 cm³/mol. The number of methoxy groups -OCH3 is 2. The SMILES string of the molecule is COC(=O)c1cc(OC)ccc1-n1nccn1. The molecule has 88 valence electrons. The monoisotopic (exact) mass is 233 g/mol. The maximum absolute atomic E-state index is 11.7. The van der Waals surface area contributed by atoms with Gasteiger partial charge in [0.05, 0.1) is 32.2 Å². The van der Waals surface area contributed by atoms with E-state index in [1.165, 1.54) is 31.4 Å². The third kappa shape index (κ3) is 2.10. The fourth-order valence-electron chi connectivity index (χ4n) is 1.43. The molecule has 1 aromatic heterocycles. The number of nitrogens with zero attached hydrogens (tertiary/aromatic N) is 3. The van der Waals surface area contributed by atoms with E-state index < -0.39 is 5.97 Å². The Bertz CT molecular complexity index is 523. The zero-order valence-corrected chi connectivity index (χ0v) is 9.45. The van der Waals surface area contributed by atoms with Crippen molar-refractivity contribution >= 4 is 5.97 Å². The molecule has 2 rings (SSSR count). The Balaban J connectivity index is 2.55. The van der Waals surface area contributed by atoms with Crippen molar-refractivity contribution in [3.8, 4) is 11.4 Å². The van der Waals surface area contributed by atoms with E-state index >= 15 is 0 Å². The molecule has 0 aliphatic heterocycles. The van der Waals surface area contributed by atoms with Crippen molar-refractivity contribution in [2.45, 2.75) is 0 Å². The van der Waals surface area contributed by atoms with Crippen LogP contribution in [-0.2, 0) is 4.74 Å². The Hall–Kier alpha value is -2.37. The van der Waals surface area contributed by atoms with Gasteiger partial charge >= 0.3 is 5.97 Å². The zero-order valence-electron chi connectivity index (χ0n) is 9.45. The van der Waals surface area contributed by atoms with E-state index in [0.29, 0.717) is 17.0 Å². The van der Waals surface area contributed by atoms with E-state index in [-0.39, 0.29) is 0 Å². The van der Waals surface area contributed by atoms with Crippen LogP contribution in [0.15, 0.2) is 30.6 Å². The molecule has 6 heteroatoms. The quantitative estimate of drug-likeness (QED) is 0.741. The van der Waals surface area contributed by atoms with Crippen LogP contribution in [-0.4, -0.2) is 35.2 Å². The molecule has 0 radical (unpaired) electrons. The standard InChI is InChI=1S/C11H11N3O3/c1-16-8-3-4-10(14-12-5-6-13-14)9(7-8)11(15)17-2/h3-7H,1-2H3. The fourth-order valence-corrected chi connectivity index (χ4v) is 1.43. The van der Waals surface area contributed by atoms with Crippen LogP contribution in [0.25, 0.3) is 5.69 Å². The summed E-state index contributed by atoms with van der Waals surface area (Å²) in [6, 6.07) is 5.01. The maximum atomic E-state index is 11.7. The highest BCUT2D eigenvalue weighted by atomic mass is 16.5. The minimum atomic E-state index is -0.462. The first-order chi connectivity index (χ1) is 8.26. The Labute approximate surface area is 97.8 Å². The van der Waals surface area contributed by atoms with Gasteiger partial charge in [-0.15, -0.1) is 0 Å². The molecule has 1 heterocycles. The molecule has 1 aromatic carbocycles. The van der Waals surface area contributed by atoms with Gasteiger partial charge in [0.15, 0.2) is 0 Å². The second-order valence-electron chi connectivity index (χ2n) is 3.19. The molecule has 17 heavy (non-hydrogen) atoms. The van der Waals surface area contributed by atoms with E-state index in [9.17, 15) is 4.79 Å². The molecule has 0 amide bonds. The van der Waals surface area contributed by atoms with E-state index in [1.54, 1.807) is 18.2 Å². The first kappa shape index (κ1) is 11.1. The van der Waals surface area contributed by atoms with Crippen molar-refractivity contribution in [2.75, 3.05) is 14.2 Å². The molecule has 0 aliphatic carbocycles. The number of ether oxygens (including phenoxy) is 2. The van der Waals surface area contributed by atoms with Crippen LogP contribution in [0.3, 0.4) is 0 Å². The largest absolute Gasteiger partial charge is 0.497 e. The zero-order chi connectivity index (χ0) is 12.3. The number of esters is 1. The normalized spacial score (nSPS) is 10.0. The molecule has 0 saturated heterocycles. The van der Waals surface area contributed by atoms with Gasteiger partial charge in [0, 0.05) is 0 Å². The number of carbonyl (C=O) groups is 1. The second-order valence-corrected chi connectivity index (χ2v) is 3.19. The second kappa shape index (κ2) is 4.65. The number of rotatable bonds is 3. The van der Waals surface area contributed by atoms with Gasteiger partial charge in [-0.05, 0) is 18.2 Å². The minimum absolute atomic E-state index is 0.350. The lowest BCUT2D eigenvalue weighted by atomic mass is 10.1. The molecule has 0 atom stereocenters. The highest BCUT2D eigenvalue weighted by Gasteiger charge is 2.15. The minimum Gasteiger partial charge on any atom is -0.497 e. The summed E-state index contributed by atoms with van der Waals surface area (Å²) < 4.78 is 9.78. The van der Waals surface area contributed by atoms with E-state index in [4.69, 9.17) is 9.47 Å². The highest BCUT2D eigenvalue weighted by molar-refractivity contribution is 5.93. The number of aromatic nitrogens is 3. The van der Waals surface area contributed by atoms with Gasteiger partial charge in [0.2, 0.25) is 0 Å². The van der Waals surface area contributed by atoms with Gasteiger partial charge in [-0.25, -0.2) is 4.79 Å². The van der Waals surface area contributed by atoms with Crippen molar-refractivity contribution in [1.82, 2.24) is 15.0 Å². The van der Waals surface area contributed by atoms with Gasteiger partial charge in [0.25, 0.3) is 0 Å². The molecule has 0 spiro atoms. The predicted octanol–water partition coefficient (Wildman–Crippen LogP) is 1.06. The van der Waals surface area contributed by atoms with E-state index in [0.717, 1.165) is 0 Å². The molecule has 0 N–H and O–H groups in total. The fraction of sp³-hybridized carbons (Fsp3) is 0.182. The molecule has 0 saturated carbocycles. The Morgan fingerprint density at radius 2 is 1.94 bits per heavy atom. The van der Waals surface area contributed by atoms with Crippen LogP contribution in [0, 0.1) is 0 Å². The lowest BCUT2D eigenvalue weighted by molar-refractivity contribution is 0.0600. The molecular formula is C11H11N3O3. The number of hydrogen-bond acceptors (Lipinski definition) is 5. The first-order valence-electron chi connectivity index (χ1n) is 4.89. The van der Waals surface area contributed by atoms with Gasteiger partial charge < -0.3 is 9.47 Å². The van der Waals surface area contributed by atoms with Crippen LogP contribution >= 0.6 is 0 Å². The maximum Gasteiger partial charge on any atom is 0.340 e. The van der Waals surface area contributed by atoms with Crippen molar-refractivity contribution < 1.29 is 14.3 Å². The molecule has 0 fully saturated rings. The summed E-state index contributed by atoms with van der Waals surface area (Å²) in [4.78, 5) is 13.0. The third-order valence-electron chi connectivity index (χ3n) is 2.24. The number of hydrogen-bond donors (Lipinski definition) is 0. The van der Waals surface area contributed by atoms with Crippen LogP contribution in [0.5, 0.6) is 5.75 Å². The van der Waals surface area contributed by atoms with Crippen LogP contribution in [0.2, 0.25) is 0 Å². The first-order valence-corrected chi connectivity index (χ1v) is 4.89. The van der Waals surface area contributed by atoms with Crippen LogP contribution in [0.4, 0.5) is 0 Å². The van der Waals surface area contributed by atoms with Crippen LogP contribution < -0.4 is 4.74 Å². The average Bonchev–Trinajstić information content (AvgIpc) is 2.90. The topological polar surface area (TPSA) is 66.2 Å². The smallest absolute Gasteiger partial charge is 0.340 e. The lowest BCUT2D eigenvalue weighted by Gasteiger charge is -2.08. The summed E-state index contributed by atoms with van der Waals surface area (Å²) in [5.74, 6) is 0.109. The van der Waals surface area contributed by atoms with E-state index in [1.807, 2.05) is 0 Å². The van der Waals surface area contributed by atoms with Gasteiger partial charge in [-0.3, -0.25) is 0 Å². The van der Waals surface area contributed by atoms with Crippen molar-refractivity contribution in [3.05, 3.63) is 36.2 Å².